The lowest BCUT2D eigenvalue weighted by atomic mass is 10.1. The van der Waals surface area contributed by atoms with E-state index in [1.807, 2.05) is 18.0 Å². The van der Waals surface area contributed by atoms with Crippen LogP contribution in [-0.4, -0.2) is 38.7 Å². The fraction of sp³-hybridized carbons (Fsp3) is 0.350. The molecule has 3 aromatic rings. The SMILES string of the molecule is Cc1cc(-n2ccnc2C)ccc1CN[C@H]1CCN(c2cc(=O)[nH]c(=O)[nH]2)C1. The number of nitrogens with one attached hydrogen (secondary N) is 3. The van der Waals surface area contributed by atoms with Crippen LogP contribution in [-0.2, 0) is 6.54 Å². The van der Waals surface area contributed by atoms with Gasteiger partial charge in [-0.2, -0.15) is 0 Å². The number of anilines is 1. The van der Waals surface area contributed by atoms with Crippen LogP contribution in [0, 0.1) is 13.8 Å². The average molecular weight is 380 g/mol. The summed E-state index contributed by atoms with van der Waals surface area (Å²) >= 11 is 0. The monoisotopic (exact) mass is 380 g/mol. The first-order chi connectivity index (χ1) is 13.5. The molecule has 1 aromatic carbocycles. The summed E-state index contributed by atoms with van der Waals surface area (Å²) in [5.74, 6) is 1.54. The van der Waals surface area contributed by atoms with Crippen LogP contribution in [0.3, 0.4) is 0 Å². The van der Waals surface area contributed by atoms with Gasteiger partial charge in [-0.1, -0.05) is 6.07 Å². The second kappa shape index (κ2) is 7.47. The van der Waals surface area contributed by atoms with Gasteiger partial charge in [0.25, 0.3) is 5.56 Å². The Bertz CT molecular complexity index is 1070. The van der Waals surface area contributed by atoms with Crippen molar-refractivity contribution < 1.29 is 0 Å². The molecule has 0 unspecified atom stereocenters. The molecule has 146 valence electrons. The van der Waals surface area contributed by atoms with Crippen molar-refractivity contribution in [3.8, 4) is 5.69 Å². The van der Waals surface area contributed by atoms with Gasteiger partial charge in [0.15, 0.2) is 0 Å². The summed E-state index contributed by atoms with van der Waals surface area (Å²) in [7, 11) is 0. The number of nitrogens with zero attached hydrogens (tertiary/aromatic N) is 3. The summed E-state index contributed by atoms with van der Waals surface area (Å²) in [5.41, 5.74) is 2.75. The average Bonchev–Trinajstić information content (AvgIpc) is 3.29. The van der Waals surface area contributed by atoms with Crippen LogP contribution >= 0.6 is 0 Å². The van der Waals surface area contributed by atoms with Crippen molar-refractivity contribution in [2.24, 2.45) is 0 Å². The van der Waals surface area contributed by atoms with Crippen molar-refractivity contribution in [2.45, 2.75) is 32.9 Å². The molecule has 1 aliphatic rings. The zero-order chi connectivity index (χ0) is 19.7. The van der Waals surface area contributed by atoms with Crippen molar-refractivity contribution in [3.05, 3.63) is 74.4 Å². The Hall–Kier alpha value is -3.13. The number of H-pyrrole nitrogens is 2. The predicted molar refractivity (Wildman–Crippen MR) is 108 cm³/mol. The molecule has 28 heavy (non-hydrogen) atoms. The van der Waals surface area contributed by atoms with E-state index in [-0.39, 0.29) is 5.56 Å². The summed E-state index contributed by atoms with van der Waals surface area (Å²) in [6.45, 7) is 6.44. The zero-order valence-corrected chi connectivity index (χ0v) is 16.0. The molecule has 0 radical (unpaired) electrons. The number of aryl methyl sites for hydroxylation is 2. The minimum absolute atomic E-state index is 0.303. The Morgan fingerprint density at radius 1 is 1.21 bits per heavy atom. The van der Waals surface area contributed by atoms with Gasteiger partial charge in [-0.25, -0.2) is 9.78 Å². The summed E-state index contributed by atoms with van der Waals surface area (Å²) < 4.78 is 2.07. The molecule has 4 rings (SSSR count). The standard InChI is InChI=1S/C20H24N6O2/c1-13-9-17(26-8-6-21-14(26)2)4-3-15(13)11-22-16-5-7-25(12-16)18-10-19(27)24-20(28)23-18/h3-4,6,8-10,16,22H,5,7,11-12H2,1-2H3,(H2,23,24,27,28)/t16-/m0/s1. The van der Waals surface area contributed by atoms with E-state index in [1.54, 1.807) is 6.20 Å². The Morgan fingerprint density at radius 2 is 2.07 bits per heavy atom. The highest BCUT2D eigenvalue weighted by atomic mass is 16.2. The third-order valence-corrected chi connectivity index (χ3v) is 5.29. The van der Waals surface area contributed by atoms with Gasteiger partial charge in [-0.05, 0) is 43.5 Å². The van der Waals surface area contributed by atoms with Crippen molar-refractivity contribution in [1.82, 2.24) is 24.8 Å². The zero-order valence-electron chi connectivity index (χ0n) is 16.0. The van der Waals surface area contributed by atoms with Gasteiger partial charge in [0, 0.05) is 49.8 Å². The smallest absolute Gasteiger partial charge is 0.327 e. The topological polar surface area (TPSA) is 98.8 Å². The van der Waals surface area contributed by atoms with Crippen molar-refractivity contribution >= 4 is 5.82 Å². The van der Waals surface area contributed by atoms with Crippen LogP contribution in [0.5, 0.6) is 0 Å². The molecule has 0 bridgehead atoms. The maximum atomic E-state index is 11.5. The van der Waals surface area contributed by atoms with Crippen LogP contribution in [0.2, 0.25) is 0 Å². The lowest BCUT2D eigenvalue weighted by Gasteiger charge is -2.18. The van der Waals surface area contributed by atoms with Gasteiger partial charge in [0.1, 0.15) is 11.6 Å². The van der Waals surface area contributed by atoms with Crippen LogP contribution < -0.4 is 21.5 Å². The van der Waals surface area contributed by atoms with Crippen LogP contribution in [0.1, 0.15) is 23.4 Å². The van der Waals surface area contributed by atoms with E-state index >= 15 is 0 Å². The lowest BCUT2D eigenvalue weighted by molar-refractivity contribution is 0.550. The van der Waals surface area contributed by atoms with Gasteiger partial charge in [-0.3, -0.25) is 14.8 Å². The minimum Gasteiger partial charge on any atom is -0.356 e. The van der Waals surface area contributed by atoms with Crippen LogP contribution in [0.4, 0.5) is 5.82 Å². The minimum atomic E-state index is -0.470. The largest absolute Gasteiger partial charge is 0.356 e. The van der Waals surface area contributed by atoms with Crippen molar-refractivity contribution in [1.29, 1.82) is 0 Å². The second-order valence-corrected chi connectivity index (χ2v) is 7.24. The fourth-order valence-electron chi connectivity index (χ4n) is 3.71. The number of hydrogen-bond donors (Lipinski definition) is 3. The number of aromatic amines is 2. The Kier molecular flexibility index (Phi) is 4.87. The number of rotatable bonds is 5. The van der Waals surface area contributed by atoms with E-state index in [2.05, 4.69) is 50.0 Å². The summed E-state index contributed by atoms with van der Waals surface area (Å²) in [4.78, 5) is 34.2. The van der Waals surface area contributed by atoms with E-state index < -0.39 is 5.69 Å². The lowest BCUT2D eigenvalue weighted by Crippen LogP contribution is -2.34. The maximum Gasteiger partial charge on any atom is 0.327 e. The van der Waals surface area contributed by atoms with Crippen LogP contribution in [0.15, 0.2) is 46.2 Å². The Labute approximate surface area is 162 Å². The number of hydrogen-bond acceptors (Lipinski definition) is 5. The van der Waals surface area contributed by atoms with E-state index in [0.717, 1.165) is 37.6 Å². The molecule has 3 heterocycles. The second-order valence-electron chi connectivity index (χ2n) is 7.24. The molecule has 0 spiro atoms. The van der Waals surface area contributed by atoms with Crippen molar-refractivity contribution in [2.75, 3.05) is 18.0 Å². The molecule has 1 aliphatic heterocycles. The first kappa shape index (κ1) is 18.2. The molecule has 0 saturated carbocycles. The third kappa shape index (κ3) is 3.77. The summed E-state index contributed by atoms with van der Waals surface area (Å²) in [6.07, 6.45) is 4.73. The molecule has 8 nitrogen and oxygen atoms in total. The Balaban J connectivity index is 1.39. The highest BCUT2D eigenvalue weighted by Crippen LogP contribution is 2.18. The van der Waals surface area contributed by atoms with Crippen molar-refractivity contribution in [3.63, 3.8) is 0 Å². The fourth-order valence-corrected chi connectivity index (χ4v) is 3.71. The molecule has 8 heteroatoms. The molecule has 1 fully saturated rings. The molecule has 3 N–H and O–H groups in total. The first-order valence-electron chi connectivity index (χ1n) is 9.41. The van der Waals surface area contributed by atoms with Gasteiger partial charge in [0.2, 0.25) is 0 Å². The van der Waals surface area contributed by atoms with Gasteiger partial charge in [-0.15, -0.1) is 0 Å². The molecular formula is C20H24N6O2. The first-order valence-corrected chi connectivity index (χ1v) is 9.41. The normalized spacial score (nSPS) is 16.6. The van der Waals surface area contributed by atoms with Gasteiger partial charge >= 0.3 is 5.69 Å². The molecule has 0 amide bonds. The number of aromatic nitrogens is 4. The highest BCUT2D eigenvalue weighted by Gasteiger charge is 2.23. The number of imidazole rings is 1. The predicted octanol–water partition coefficient (Wildman–Crippen LogP) is 1.23. The highest BCUT2D eigenvalue weighted by molar-refractivity contribution is 5.41. The van der Waals surface area contributed by atoms with E-state index in [9.17, 15) is 9.59 Å². The summed E-state index contributed by atoms with van der Waals surface area (Å²) in [5, 5.41) is 3.59. The van der Waals surface area contributed by atoms with E-state index in [4.69, 9.17) is 0 Å². The molecule has 1 saturated heterocycles. The Morgan fingerprint density at radius 3 is 2.79 bits per heavy atom. The van der Waals surface area contributed by atoms with Gasteiger partial charge in [0.05, 0.1) is 0 Å². The molecule has 0 aliphatic carbocycles. The van der Waals surface area contributed by atoms with E-state index in [0.29, 0.717) is 11.9 Å². The number of benzene rings is 1. The van der Waals surface area contributed by atoms with Gasteiger partial charge < -0.3 is 14.8 Å². The van der Waals surface area contributed by atoms with Crippen LogP contribution in [0.25, 0.3) is 5.69 Å². The molecular weight excluding hydrogens is 356 g/mol. The molecule has 2 aromatic heterocycles. The van der Waals surface area contributed by atoms with E-state index in [1.165, 1.54) is 17.2 Å². The maximum absolute atomic E-state index is 11.5. The quantitative estimate of drug-likeness (QED) is 0.618. The summed E-state index contributed by atoms with van der Waals surface area (Å²) in [6, 6.07) is 8.18. The molecule has 1 atom stereocenters. The third-order valence-electron chi connectivity index (χ3n) is 5.29.